The van der Waals surface area contributed by atoms with E-state index < -0.39 is 0 Å². The van der Waals surface area contributed by atoms with Crippen LogP contribution in [0.4, 0.5) is 0 Å². The smallest absolute Gasteiger partial charge is 0.0740 e. The van der Waals surface area contributed by atoms with Gasteiger partial charge in [-0.15, -0.1) is 0 Å². The number of oxime groups is 1. The van der Waals surface area contributed by atoms with E-state index in [4.69, 9.17) is 5.21 Å². The highest BCUT2D eigenvalue weighted by Gasteiger charge is 2.00. The molecule has 1 N–H and O–H groups in total. The Labute approximate surface area is 90.0 Å². The summed E-state index contributed by atoms with van der Waals surface area (Å²) in [7, 11) is 0. The van der Waals surface area contributed by atoms with Gasteiger partial charge in [0.25, 0.3) is 0 Å². The molecule has 0 saturated heterocycles. The third-order valence-corrected chi connectivity index (χ3v) is 2.79. The van der Waals surface area contributed by atoms with E-state index in [1.54, 1.807) is 0 Å². The average molecular weight is 250 g/mol. The van der Waals surface area contributed by atoms with Gasteiger partial charge < -0.3 is 5.21 Å². The van der Waals surface area contributed by atoms with Gasteiger partial charge in [0.15, 0.2) is 0 Å². The molecule has 0 unspecified atom stereocenters. The van der Waals surface area contributed by atoms with Crippen LogP contribution in [0.2, 0.25) is 0 Å². The van der Waals surface area contributed by atoms with Crippen LogP contribution in [0.25, 0.3) is 10.8 Å². The summed E-state index contributed by atoms with van der Waals surface area (Å²) < 4.78 is 1.04. The van der Waals surface area contributed by atoms with Crippen molar-refractivity contribution in [3.8, 4) is 0 Å². The van der Waals surface area contributed by atoms with Crippen molar-refractivity contribution < 1.29 is 5.21 Å². The highest BCUT2D eigenvalue weighted by Crippen LogP contribution is 2.25. The van der Waals surface area contributed by atoms with E-state index in [2.05, 4.69) is 21.1 Å². The fraction of sp³-hybridized carbons (Fsp3) is 0. The van der Waals surface area contributed by atoms with Crippen LogP contribution in [-0.4, -0.2) is 11.4 Å². The van der Waals surface area contributed by atoms with E-state index in [-0.39, 0.29) is 0 Å². The molecule has 2 nitrogen and oxygen atoms in total. The van der Waals surface area contributed by atoms with E-state index in [0.29, 0.717) is 0 Å². The lowest BCUT2D eigenvalue weighted by Gasteiger charge is -2.02. The largest absolute Gasteiger partial charge is 0.411 e. The zero-order chi connectivity index (χ0) is 9.97. The van der Waals surface area contributed by atoms with Crippen LogP contribution in [0, 0.1) is 0 Å². The number of hydrogen-bond donors (Lipinski definition) is 1. The molecule has 3 heteroatoms. The summed E-state index contributed by atoms with van der Waals surface area (Å²) >= 11 is 3.48. The maximum atomic E-state index is 8.51. The van der Waals surface area contributed by atoms with Crippen LogP contribution in [0.3, 0.4) is 0 Å². The SMILES string of the molecule is O/N=C\c1cccc2c(Br)cccc12. The number of benzene rings is 2. The Bertz CT molecular complexity index is 494. The molecule has 0 atom stereocenters. The van der Waals surface area contributed by atoms with Crippen LogP contribution in [0.5, 0.6) is 0 Å². The van der Waals surface area contributed by atoms with Gasteiger partial charge in [-0.2, -0.15) is 0 Å². The summed E-state index contributed by atoms with van der Waals surface area (Å²) in [5.74, 6) is 0. The standard InChI is InChI=1S/C11H8BrNO/c12-11-6-2-4-9-8(7-13-14)3-1-5-10(9)11/h1-7,14H/b13-7-. The second-order valence-electron chi connectivity index (χ2n) is 2.93. The van der Waals surface area contributed by atoms with Gasteiger partial charge >= 0.3 is 0 Å². The molecule has 0 amide bonds. The summed E-state index contributed by atoms with van der Waals surface area (Å²) in [6.45, 7) is 0. The molecule has 2 aromatic carbocycles. The highest BCUT2D eigenvalue weighted by atomic mass is 79.9. The minimum atomic E-state index is 0.909. The van der Waals surface area contributed by atoms with E-state index in [0.717, 1.165) is 20.8 Å². The third kappa shape index (κ3) is 1.51. The Morgan fingerprint density at radius 3 is 2.57 bits per heavy atom. The van der Waals surface area contributed by atoms with Crippen LogP contribution in [-0.2, 0) is 0 Å². The molecule has 2 aromatic rings. The van der Waals surface area contributed by atoms with Crippen molar-refractivity contribution >= 4 is 32.9 Å². The van der Waals surface area contributed by atoms with Gasteiger partial charge in [-0.1, -0.05) is 51.4 Å². The fourth-order valence-electron chi connectivity index (χ4n) is 1.47. The number of fused-ring (bicyclic) bond motifs is 1. The summed E-state index contributed by atoms with van der Waals surface area (Å²) in [6, 6.07) is 11.8. The molecule has 0 fully saturated rings. The summed E-state index contributed by atoms with van der Waals surface area (Å²) in [4.78, 5) is 0. The molecule has 14 heavy (non-hydrogen) atoms. The van der Waals surface area contributed by atoms with Gasteiger partial charge in [0.05, 0.1) is 6.21 Å². The Balaban J connectivity index is 2.81. The van der Waals surface area contributed by atoms with Crippen molar-refractivity contribution in [3.63, 3.8) is 0 Å². The summed E-state index contributed by atoms with van der Waals surface area (Å²) in [5, 5.41) is 13.7. The normalized spacial score (nSPS) is 11.2. The number of nitrogens with zero attached hydrogens (tertiary/aromatic N) is 1. The number of rotatable bonds is 1. The molecule has 0 aromatic heterocycles. The van der Waals surface area contributed by atoms with E-state index in [1.165, 1.54) is 6.21 Å². The van der Waals surface area contributed by atoms with Crippen molar-refractivity contribution in [3.05, 3.63) is 46.4 Å². The van der Waals surface area contributed by atoms with E-state index >= 15 is 0 Å². The maximum Gasteiger partial charge on any atom is 0.0740 e. The molecule has 0 heterocycles. The monoisotopic (exact) mass is 249 g/mol. The molecule has 2 rings (SSSR count). The van der Waals surface area contributed by atoms with Crippen LogP contribution >= 0.6 is 15.9 Å². The first-order chi connectivity index (χ1) is 6.83. The minimum absolute atomic E-state index is 0.909. The maximum absolute atomic E-state index is 8.51. The average Bonchev–Trinajstić information content (AvgIpc) is 2.20. The lowest BCUT2D eigenvalue weighted by atomic mass is 10.1. The quantitative estimate of drug-likeness (QED) is 0.469. The molecule has 0 spiro atoms. The Hall–Kier alpha value is -1.35. The van der Waals surface area contributed by atoms with Crippen LogP contribution < -0.4 is 0 Å². The first-order valence-electron chi connectivity index (χ1n) is 4.17. The van der Waals surface area contributed by atoms with Gasteiger partial charge in [-0.25, -0.2) is 0 Å². The van der Waals surface area contributed by atoms with Crippen molar-refractivity contribution in [2.75, 3.05) is 0 Å². The summed E-state index contributed by atoms with van der Waals surface area (Å²) in [6.07, 6.45) is 1.44. The van der Waals surface area contributed by atoms with Crippen LogP contribution in [0.15, 0.2) is 46.0 Å². The van der Waals surface area contributed by atoms with Gasteiger partial charge in [-0.05, 0) is 16.8 Å². The zero-order valence-electron chi connectivity index (χ0n) is 7.31. The first kappa shape index (κ1) is 9.21. The molecule has 0 radical (unpaired) electrons. The minimum Gasteiger partial charge on any atom is -0.411 e. The molecule has 0 aliphatic heterocycles. The van der Waals surface area contributed by atoms with E-state index in [1.807, 2.05) is 36.4 Å². The second-order valence-corrected chi connectivity index (χ2v) is 3.78. The zero-order valence-corrected chi connectivity index (χ0v) is 8.90. The first-order valence-corrected chi connectivity index (χ1v) is 4.97. The molecule has 0 aliphatic rings. The van der Waals surface area contributed by atoms with Gasteiger partial charge in [0.2, 0.25) is 0 Å². The third-order valence-electron chi connectivity index (χ3n) is 2.10. The lowest BCUT2D eigenvalue weighted by molar-refractivity contribution is 0.322. The molecule has 0 saturated carbocycles. The van der Waals surface area contributed by atoms with Gasteiger partial charge in [-0.3, -0.25) is 0 Å². The van der Waals surface area contributed by atoms with Crippen molar-refractivity contribution in [1.82, 2.24) is 0 Å². The number of halogens is 1. The fourth-order valence-corrected chi connectivity index (χ4v) is 1.97. The van der Waals surface area contributed by atoms with Crippen molar-refractivity contribution in [2.45, 2.75) is 0 Å². The second kappa shape index (κ2) is 3.80. The molecule has 70 valence electrons. The predicted molar refractivity (Wildman–Crippen MR) is 61.0 cm³/mol. The summed E-state index contributed by atoms with van der Waals surface area (Å²) in [5.41, 5.74) is 0.909. The Kier molecular flexibility index (Phi) is 2.50. The van der Waals surface area contributed by atoms with Crippen molar-refractivity contribution in [1.29, 1.82) is 0 Å². The molecule has 0 bridgehead atoms. The Morgan fingerprint density at radius 2 is 1.79 bits per heavy atom. The predicted octanol–water partition coefficient (Wildman–Crippen LogP) is 3.41. The topological polar surface area (TPSA) is 32.6 Å². The molecule has 0 aliphatic carbocycles. The molecular weight excluding hydrogens is 242 g/mol. The number of hydrogen-bond acceptors (Lipinski definition) is 2. The van der Waals surface area contributed by atoms with Gasteiger partial charge in [0, 0.05) is 10.0 Å². The molecular formula is C11H8BrNO. The van der Waals surface area contributed by atoms with Crippen molar-refractivity contribution in [2.24, 2.45) is 5.16 Å². The van der Waals surface area contributed by atoms with Gasteiger partial charge in [0.1, 0.15) is 0 Å². The Morgan fingerprint density at radius 1 is 1.07 bits per heavy atom. The highest BCUT2D eigenvalue weighted by molar-refractivity contribution is 9.10. The lowest BCUT2D eigenvalue weighted by Crippen LogP contribution is -1.84. The van der Waals surface area contributed by atoms with Crippen LogP contribution in [0.1, 0.15) is 5.56 Å². The van der Waals surface area contributed by atoms with E-state index in [9.17, 15) is 0 Å².